The first-order chi connectivity index (χ1) is 5.36. The lowest BCUT2D eigenvalue weighted by Gasteiger charge is -2.23. The fraction of sp³-hybridized carbons (Fsp3) is 0.778. The van der Waals surface area contributed by atoms with Gasteiger partial charge in [-0.15, -0.1) is 0 Å². The maximum atomic E-state index is 9.04. The van der Waals surface area contributed by atoms with Gasteiger partial charge < -0.3 is 10.2 Å². The van der Waals surface area contributed by atoms with E-state index in [-0.39, 0.29) is 13.2 Å². The van der Waals surface area contributed by atoms with Gasteiger partial charge >= 0.3 is 0 Å². The molecule has 0 amide bonds. The van der Waals surface area contributed by atoms with Gasteiger partial charge in [-0.1, -0.05) is 12.2 Å². The molecular weight excluding hydrogens is 140 g/mol. The summed E-state index contributed by atoms with van der Waals surface area (Å²) in [5.41, 5.74) is 0. The zero-order chi connectivity index (χ0) is 7.84. The fourth-order valence-corrected chi connectivity index (χ4v) is 2.57. The van der Waals surface area contributed by atoms with Gasteiger partial charge in [0.2, 0.25) is 0 Å². The quantitative estimate of drug-likeness (QED) is 0.565. The SMILES string of the molecule is OC[C@H]1[C@H](CO)[C@H]2C=C[C@@H]1C2. The van der Waals surface area contributed by atoms with Crippen LogP contribution in [-0.2, 0) is 0 Å². The third kappa shape index (κ3) is 0.932. The van der Waals surface area contributed by atoms with E-state index in [9.17, 15) is 0 Å². The van der Waals surface area contributed by atoms with Crippen LogP contribution in [0.1, 0.15) is 6.42 Å². The summed E-state index contributed by atoms with van der Waals surface area (Å²) in [5, 5.41) is 18.1. The molecule has 4 atom stereocenters. The van der Waals surface area contributed by atoms with Crippen LogP contribution < -0.4 is 0 Å². The average molecular weight is 154 g/mol. The van der Waals surface area contributed by atoms with Gasteiger partial charge in [0.15, 0.2) is 0 Å². The van der Waals surface area contributed by atoms with Gasteiger partial charge in [-0.3, -0.25) is 0 Å². The molecule has 0 spiro atoms. The molecule has 0 heterocycles. The second kappa shape index (κ2) is 2.61. The van der Waals surface area contributed by atoms with Crippen molar-refractivity contribution in [2.24, 2.45) is 23.7 Å². The van der Waals surface area contributed by atoms with E-state index in [1.165, 1.54) is 0 Å². The zero-order valence-electron chi connectivity index (χ0n) is 6.48. The Balaban J connectivity index is 2.15. The Morgan fingerprint density at radius 3 is 1.82 bits per heavy atom. The van der Waals surface area contributed by atoms with Crippen LogP contribution in [0.25, 0.3) is 0 Å². The van der Waals surface area contributed by atoms with Crippen molar-refractivity contribution < 1.29 is 10.2 Å². The van der Waals surface area contributed by atoms with Crippen LogP contribution >= 0.6 is 0 Å². The van der Waals surface area contributed by atoms with Gasteiger partial charge in [0.25, 0.3) is 0 Å². The van der Waals surface area contributed by atoms with Crippen molar-refractivity contribution in [1.29, 1.82) is 0 Å². The summed E-state index contributed by atoms with van der Waals surface area (Å²) in [5.74, 6) is 1.74. The zero-order valence-corrected chi connectivity index (χ0v) is 6.48. The number of aliphatic hydroxyl groups is 2. The summed E-state index contributed by atoms with van der Waals surface area (Å²) in [6.45, 7) is 0.466. The van der Waals surface area contributed by atoms with Crippen LogP contribution in [-0.4, -0.2) is 23.4 Å². The van der Waals surface area contributed by atoms with Gasteiger partial charge in [0.05, 0.1) is 0 Å². The minimum atomic E-state index is 0.233. The molecule has 0 saturated heterocycles. The van der Waals surface area contributed by atoms with E-state index in [0.717, 1.165) is 6.42 Å². The van der Waals surface area contributed by atoms with Crippen molar-refractivity contribution in [3.63, 3.8) is 0 Å². The summed E-state index contributed by atoms with van der Waals surface area (Å²) in [4.78, 5) is 0. The third-order valence-corrected chi connectivity index (χ3v) is 3.22. The van der Waals surface area contributed by atoms with E-state index in [4.69, 9.17) is 10.2 Å². The van der Waals surface area contributed by atoms with Crippen LogP contribution in [0, 0.1) is 23.7 Å². The highest BCUT2D eigenvalue weighted by atomic mass is 16.3. The van der Waals surface area contributed by atoms with Crippen molar-refractivity contribution in [3.8, 4) is 0 Å². The predicted molar refractivity (Wildman–Crippen MR) is 41.9 cm³/mol. The van der Waals surface area contributed by atoms with Gasteiger partial charge in [-0.25, -0.2) is 0 Å². The molecule has 2 aliphatic carbocycles. The van der Waals surface area contributed by atoms with E-state index in [1.807, 2.05) is 0 Å². The summed E-state index contributed by atoms with van der Waals surface area (Å²) < 4.78 is 0. The monoisotopic (exact) mass is 154 g/mol. The van der Waals surface area contributed by atoms with Gasteiger partial charge in [0.1, 0.15) is 0 Å². The minimum absolute atomic E-state index is 0.233. The lowest BCUT2D eigenvalue weighted by Crippen LogP contribution is -2.25. The molecule has 0 aromatic rings. The Labute approximate surface area is 66.5 Å². The lowest BCUT2D eigenvalue weighted by molar-refractivity contribution is 0.112. The second-order valence-corrected chi connectivity index (χ2v) is 3.64. The van der Waals surface area contributed by atoms with Crippen molar-refractivity contribution in [3.05, 3.63) is 12.2 Å². The standard InChI is InChI=1S/C9H14O2/c10-4-8-6-1-2-7(3-6)9(8)5-11/h1-2,6-11H,3-5H2/t6-,7+,8-,9-/m1/s1. The highest BCUT2D eigenvalue weighted by Crippen LogP contribution is 2.47. The Bertz CT molecular complexity index is 158. The smallest absolute Gasteiger partial charge is 0.0468 e. The van der Waals surface area contributed by atoms with Gasteiger partial charge in [-0.2, -0.15) is 0 Å². The van der Waals surface area contributed by atoms with Crippen LogP contribution in [0.15, 0.2) is 12.2 Å². The maximum Gasteiger partial charge on any atom is 0.0468 e. The molecule has 1 fully saturated rings. The topological polar surface area (TPSA) is 40.5 Å². The molecule has 0 unspecified atom stereocenters. The van der Waals surface area contributed by atoms with Crippen LogP contribution in [0.2, 0.25) is 0 Å². The van der Waals surface area contributed by atoms with Crippen molar-refractivity contribution >= 4 is 0 Å². The van der Waals surface area contributed by atoms with Gasteiger partial charge in [-0.05, 0) is 30.1 Å². The molecule has 1 saturated carbocycles. The molecule has 62 valence electrons. The molecule has 0 aliphatic heterocycles. The number of fused-ring (bicyclic) bond motifs is 2. The first-order valence-corrected chi connectivity index (χ1v) is 4.27. The van der Waals surface area contributed by atoms with E-state index in [1.54, 1.807) is 0 Å². The molecule has 2 heteroatoms. The summed E-state index contributed by atoms with van der Waals surface area (Å²) in [6, 6.07) is 0. The number of hydrogen-bond acceptors (Lipinski definition) is 2. The Morgan fingerprint density at radius 2 is 1.45 bits per heavy atom. The number of allylic oxidation sites excluding steroid dienone is 2. The van der Waals surface area contributed by atoms with Gasteiger partial charge in [0, 0.05) is 13.2 Å². The molecule has 2 rings (SSSR count). The molecule has 0 radical (unpaired) electrons. The molecule has 2 N–H and O–H groups in total. The Kier molecular flexibility index (Phi) is 1.74. The summed E-state index contributed by atoms with van der Waals surface area (Å²) in [7, 11) is 0. The third-order valence-electron chi connectivity index (χ3n) is 3.22. The highest BCUT2D eigenvalue weighted by molar-refractivity contribution is 5.13. The van der Waals surface area contributed by atoms with Crippen molar-refractivity contribution in [2.75, 3.05) is 13.2 Å². The van der Waals surface area contributed by atoms with Crippen molar-refractivity contribution in [2.45, 2.75) is 6.42 Å². The number of rotatable bonds is 2. The minimum Gasteiger partial charge on any atom is -0.396 e. The van der Waals surface area contributed by atoms with Crippen LogP contribution in [0.4, 0.5) is 0 Å². The van der Waals surface area contributed by atoms with E-state index in [0.29, 0.717) is 23.7 Å². The van der Waals surface area contributed by atoms with E-state index < -0.39 is 0 Å². The molecule has 0 aromatic carbocycles. The number of hydrogen-bond donors (Lipinski definition) is 2. The molecule has 2 aliphatic rings. The molecule has 2 bridgehead atoms. The molecular formula is C9H14O2. The number of aliphatic hydroxyl groups excluding tert-OH is 2. The first kappa shape index (κ1) is 7.32. The normalized spacial score (nSPS) is 47.1. The summed E-state index contributed by atoms with van der Waals surface area (Å²) in [6.07, 6.45) is 5.53. The predicted octanol–water partition coefficient (Wildman–Crippen LogP) is 0.409. The lowest BCUT2D eigenvalue weighted by atomic mass is 9.84. The summed E-state index contributed by atoms with van der Waals surface area (Å²) >= 11 is 0. The average Bonchev–Trinajstić information content (AvgIpc) is 2.60. The Morgan fingerprint density at radius 1 is 1.00 bits per heavy atom. The molecule has 11 heavy (non-hydrogen) atoms. The molecule has 0 aromatic heterocycles. The Hall–Kier alpha value is -0.340. The van der Waals surface area contributed by atoms with E-state index >= 15 is 0 Å². The fourth-order valence-electron chi connectivity index (χ4n) is 2.57. The second-order valence-electron chi connectivity index (χ2n) is 3.64. The molecule has 2 nitrogen and oxygen atoms in total. The van der Waals surface area contributed by atoms with Crippen LogP contribution in [0.5, 0.6) is 0 Å². The van der Waals surface area contributed by atoms with Crippen LogP contribution in [0.3, 0.4) is 0 Å². The largest absolute Gasteiger partial charge is 0.396 e. The highest BCUT2D eigenvalue weighted by Gasteiger charge is 2.43. The maximum absolute atomic E-state index is 9.04. The van der Waals surface area contributed by atoms with Crippen molar-refractivity contribution in [1.82, 2.24) is 0 Å². The van der Waals surface area contributed by atoms with E-state index in [2.05, 4.69) is 12.2 Å². The first-order valence-electron chi connectivity index (χ1n) is 4.27.